The summed E-state index contributed by atoms with van der Waals surface area (Å²) in [5.41, 5.74) is 2.29. The maximum Gasteiger partial charge on any atom is 0.246 e. The number of rotatable bonds is 12. The van der Waals surface area contributed by atoms with Gasteiger partial charge >= 0.3 is 0 Å². The number of halogens is 1. The number of amides is 1. The van der Waals surface area contributed by atoms with Crippen molar-refractivity contribution in [1.29, 1.82) is 0 Å². The second-order valence-corrected chi connectivity index (χ2v) is 12.7. The third-order valence-corrected chi connectivity index (χ3v) is 9.96. The first kappa shape index (κ1) is 31.0. The van der Waals surface area contributed by atoms with Crippen molar-refractivity contribution in [2.45, 2.75) is 62.4 Å². The molecule has 0 heterocycles. The van der Waals surface area contributed by atoms with Crippen LogP contribution in [0.3, 0.4) is 0 Å². The monoisotopic (exact) mass is 563 g/mol. The molecule has 39 heavy (non-hydrogen) atoms. The van der Waals surface area contributed by atoms with Crippen molar-refractivity contribution in [3.8, 4) is 5.75 Å². The molecule has 216 valence electrons. The summed E-state index contributed by atoms with van der Waals surface area (Å²) in [6.45, 7) is 3.59. The summed E-state index contributed by atoms with van der Waals surface area (Å²) in [5, 5.41) is 3.06. The van der Waals surface area contributed by atoms with E-state index in [0.29, 0.717) is 16.9 Å². The molecular weight excluding hydrogens is 521 g/mol. The smallest absolute Gasteiger partial charge is 0.246 e. The largest absolute Gasteiger partial charge is 0.497 e. The Hall–Kier alpha value is -2.53. The molecule has 10 heteroatoms. The molecule has 0 saturated heterocycles. The predicted molar refractivity (Wildman–Crippen MR) is 150 cm³/mol. The molecule has 1 aliphatic rings. The molecule has 0 aliphatic heterocycles. The van der Waals surface area contributed by atoms with Crippen molar-refractivity contribution < 1.29 is 27.1 Å². The van der Waals surface area contributed by atoms with Crippen molar-refractivity contribution in [1.82, 2.24) is 14.5 Å². The standard InChI is InChI=1S/C29H42FN3O5S/c1-21-17-26(37-6)18-22(2)28(21)39(35,36)33(5)15-16-38-20-27(34)31-25-11-13-29(14-12-25,32(3)4)19-23-7-9-24(30)10-8-23/h7-10,17-18,25H,11-16,19-20H2,1-6H3,(H,31,34). The van der Waals surface area contributed by atoms with Crippen molar-refractivity contribution >= 4 is 15.9 Å². The minimum atomic E-state index is -3.72. The lowest BCUT2D eigenvalue weighted by Gasteiger charge is -2.45. The number of carbonyl (C=O) groups is 1. The molecule has 0 atom stereocenters. The minimum Gasteiger partial charge on any atom is -0.497 e. The van der Waals surface area contributed by atoms with Gasteiger partial charge in [0, 0.05) is 25.2 Å². The van der Waals surface area contributed by atoms with Crippen LogP contribution in [-0.2, 0) is 26.0 Å². The van der Waals surface area contributed by atoms with Crippen LogP contribution in [0.15, 0.2) is 41.3 Å². The van der Waals surface area contributed by atoms with Crippen LogP contribution < -0.4 is 10.1 Å². The molecule has 0 radical (unpaired) electrons. The Morgan fingerprint density at radius 3 is 2.21 bits per heavy atom. The number of aryl methyl sites for hydroxylation is 2. The van der Waals surface area contributed by atoms with Crippen molar-refractivity contribution in [3.05, 3.63) is 58.9 Å². The molecule has 1 saturated carbocycles. The highest BCUT2D eigenvalue weighted by molar-refractivity contribution is 7.89. The Bertz CT molecular complexity index is 1200. The molecule has 0 spiro atoms. The van der Waals surface area contributed by atoms with Gasteiger partial charge in [-0.05, 0) is 101 Å². The summed E-state index contributed by atoms with van der Waals surface area (Å²) < 4.78 is 51.6. The van der Waals surface area contributed by atoms with Crippen LogP contribution >= 0.6 is 0 Å². The van der Waals surface area contributed by atoms with E-state index in [2.05, 4.69) is 24.3 Å². The number of carbonyl (C=O) groups excluding carboxylic acids is 1. The van der Waals surface area contributed by atoms with E-state index in [1.54, 1.807) is 33.1 Å². The lowest BCUT2D eigenvalue weighted by atomic mass is 9.75. The maximum atomic E-state index is 13.3. The second-order valence-electron chi connectivity index (χ2n) is 10.7. The topological polar surface area (TPSA) is 88.2 Å². The summed E-state index contributed by atoms with van der Waals surface area (Å²) in [5.74, 6) is 0.171. The zero-order valence-corrected chi connectivity index (χ0v) is 24.7. The Labute approximate surface area is 232 Å². The van der Waals surface area contributed by atoms with Crippen LogP contribution in [0.4, 0.5) is 4.39 Å². The molecule has 0 bridgehead atoms. The molecule has 0 unspecified atom stereocenters. The molecular formula is C29H42FN3O5S. The van der Waals surface area contributed by atoms with Crippen LogP contribution in [0.5, 0.6) is 5.75 Å². The first-order chi connectivity index (χ1) is 18.4. The van der Waals surface area contributed by atoms with Crippen molar-refractivity contribution in [3.63, 3.8) is 0 Å². The van der Waals surface area contributed by atoms with E-state index in [4.69, 9.17) is 9.47 Å². The quantitative estimate of drug-likeness (QED) is 0.397. The fraction of sp³-hybridized carbons (Fsp3) is 0.552. The van der Waals surface area contributed by atoms with E-state index in [1.807, 2.05) is 12.1 Å². The summed E-state index contributed by atoms with van der Waals surface area (Å²) in [6.07, 6.45) is 4.33. The fourth-order valence-electron chi connectivity index (χ4n) is 5.40. The zero-order valence-electron chi connectivity index (χ0n) is 23.9. The molecule has 1 aliphatic carbocycles. The molecule has 3 rings (SSSR count). The van der Waals surface area contributed by atoms with Gasteiger partial charge in [0.1, 0.15) is 18.2 Å². The van der Waals surface area contributed by atoms with Gasteiger partial charge in [-0.1, -0.05) is 12.1 Å². The number of ether oxygens (including phenoxy) is 2. The molecule has 0 aromatic heterocycles. The summed E-state index contributed by atoms with van der Waals surface area (Å²) in [6, 6.07) is 10.1. The highest BCUT2D eigenvalue weighted by Crippen LogP contribution is 2.35. The fourth-order valence-corrected chi connectivity index (χ4v) is 6.96. The number of benzene rings is 2. The van der Waals surface area contributed by atoms with Crippen molar-refractivity contribution in [2.24, 2.45) is 0 Å². The van der Waals surface area contributed by atoms with Crippen LogP contribution in [0, 0.1) is 19.7 Å². The third-order valence-electron chi connectivity index (χ3n) is 7.80. The van der Waals surface area contributed by atoms with Crippen LogP contribution in [-0.4, -0.2) is 83.1 Å². The molecule has 2 aromatic rings. The average Bonchev–Trinajstić information content (AvgIpc) is 2.88. The maximum absolute atomic E-state index is 13.3. The number of sulfonamides is 1. The average molecular weight is 564 g/mol. The normalized spacial score (nSPS) is 19.9. The Morgan fingerprint density at radius 1 is 1.08 bits per heavy atom. The van der Waals surface area contributed by atoms with Crippen LogP contribution in [0.1, 0.15) is 42.4 Å². The second kappa shape index (κ2) is 13.2. The SMILES string of the molecule is COc1cc(C)c(S(=O)(=O)N(C)CCOCC(=O)NC2CCC(Cc3ccc(F)cc3)(N(C)C)CC2)c(C)c1. The number of hydrogen-bond acceptors (Lipinski definition) is 6. The van der Waals surface area contributed by atoms with E-state index in [9.17, 15) is 17.6 Å². The number of nitrogens with one attached hydrogen (secondary N) is 1. The Morgan fingerprint density at radius 2 is 1.67 bits per heavy atom. The first-order valence-corrected chi connectivity index (χ1v) is 14.7. The van der Waals surface area contributed by atoms with E-state index in [0.717, 1.165) is 37.7 Å². The van der Waals surface area contributed by atoms with Gasteiger partial charge in [0.15, 0.2) is 0 Å². The van der Waals surface area contributed by atoms with Crippen molar-refractivity contribution in [2.75, 3.05) is 48.0 Å². The lowest BCUT2D eigenvalue weighted by Crippen LogP contribution is -2.52. The lowest BCUT2D eigenvalue weighted by molar-refractivity contribution is -0.126. The number of methoxy groups -OCH3 is 1. The predicted octanol–water partition coefficient (Wildman–Crippen LogP) is 3.69. The Kier molecular flexibility index (Phi) is 10.5. The summed E-state index contributed by atoms with van der Waals surface area (Å²) >= 11 is 0. The third kappa shape index (κ3) is 7.78. The van der Waals surface area contributed by atoms with Gasteiger partial charge in [-0.15, -0.1) is 0 Å². The molecule has 8 nitrogen and oxygen atoms in total. The van der Waals surface area contributed by atoms with Gasteiger partial charge in [-0.25, -0.2) is 12.8 Å². The summed E-state index contributed by atoms with van der Waals surface area (Å²) in [4.78, 5) is 15.0. The molecule has 2 aromatic carbocycles. The highest BCUT2D eigenvalue weighted by Gasteiger charge is 2.37. The first-order valence-electron chi connectivity index (χ1n) is 13.3. The van der Waals surface area contributed by atoms with E-state index in [-0.39, 0.29) is 48.0 Å². The number of nitrogens with zero attached hydrogens (tertiary/aromatic N) is 2. The van der Waals surface area contributed by atoms with Crippen LogP contribution in [0.25, 0.3) is 0 Å². The number of hydrogen-bond donors (Lipinski definition) is 1. The number of likely N-dealkylation sites (N-methyl/N-ethyl adjacent to an activating group) is 2. The molecule has 1 amide bonds. The van der Waals surface area contributed by atoms with Gasteiger partial charge in [0.05, 0.1) is 18.6 Å². The summed E-state index contributed by atoms with van der Waals surface area (Å²) in [7, 11) is 3.48. The van der Waals surface area contributed by atoms with Gasteiger partial charge in [-0.3, -0.25) is 4.79 Å². The van der Waals surface area contributed by atoms with E-state index >= 15 is 0 Å². The van der Waals surface area contributed by atoms with Gasteiger partial charge in [-0.2, -0.15) is 4.31 Å². The minimum absolute atomic E-state index is 0.0355. The van der Waals surface area contributed by atoms with Crippen LogP contribution in [0.2, 0.25) is 0 Å². The van der Waals surface area contributed by atoms with E-state index < -0.39 is 10.0 Å². The van der Waals surface area contributed by atoms with Gasteiger partial charge in [0.25, 0.3) is 0 Å². The van der Waals surface area contributed by atoms with Gasteiger partial charge in [0.2, 0.25) is 15.9 Å². The van der Waals surface area contributed by atoms with Gasteiger partial charge < -0.3 is 19.7 Å². The van der Waals surface area contributed by atoms with E-state index in [1.165, 1.54) is 23.5 Å². The molecule has 1 N–H and O–H groups in total. The molecule has 1 fully saturated rings. The zero-order chi connectivity index (χ0) is 28.8. The Balaban J connectivity index is 1.45. The highest BCUT2D eigenvalue weighted by atomic mass is 32.2.